The van der Waals surface area contributed by atoms with Gasteiger partial charge in [-0.25, -0.2) is 4.79 Å². The Bertz CT molecular complexity index is 715. The fourth-order valence-electron chi connectivity index (χ4n) is 2.76. The van der Waals surface area contributed by atoms with Crippen LogP contribution < -0.4 is 14.8 Å². The second-order valence-corrected chi connectivity index (χ2v) is 5.11. The molecule has 0 saturated heterocycles. The predicted octanol–water partition coefficient (Wildman–Crippen LogP) is 3.16. The molecule has 0 fully saturated rings. The maximum atomic E-state index is 12.1. The van der Waals surface area contributed by atoms with Gasteiger partial charge < -0.3 is 19.7 Å². The Hall–Kier alpha value is -2.69. The number of ether oxygens (including phenoxy) is 2. The van der Waals surface area contributed by atoms with Crippen LogP contribution in [0, 0.1) is 0 Å². The number of hydrogen-bond donors (Lipinski definition) is 1. The molecule has 1 N–H and O–H groups in total. The highest BCUT2D eigenvalue weighted by molar-refractivity contribution is 5.75. The van der Waals surface area contributed by atoms with Crippen molar-refractivity contribution in [2.24, 2.45) is 0 Å². The van der Waals surface area contributed by atoms with Gasteiger partial charge in [0.15, 0.2) is 0 Å². The minimum absolute atomic E-state index is 0.157. The van der Waals surface area contributed by atoms with Gasteiger partial charge in [-0.2, -0.15) is 0 Å². The zero-order chi connectivity index (χ0) is 15.7. The maximum Gasteiger partial charge on any atom is 0.317 e. The van der Waals surface area contributed by atoms with Crippen LogP contribution in [0.5, 0.6) is 17.2 Å². The molecule has 22 heavy (non-hydrogen) atoms. The quantitative estimate of drug-likeness (QED) is 0.926. The lowest BCUT2D eigenvalue weighted by molar-refractivity contribution is 0.197. The molecule has 2 amide bonds. The topological polar surface area (TPSA) is 50.8 Å². The second kappa shape index (κ2) is 5.60. The lowest BCUT2D eigenvalue weighted by atomic mass is 9.93. The molecule has 5 heteroatoms. The Kier molecular flexibility index (Phi) is 3.63. The van der Waals surface area contributed by atoms with E-state index in [0.717, 1.165) is 28.4 Å². The van der Waals surface area contributed by atoms with E-state index in [0.29, 0.717) is 0 Å². The lowest BCUT2D eigenvalue weighted by Crippen LogP contribution is -2.39. The summed E-state index contributed by atoms with van der Waals surface area (Å²) in [6.07, 6.45) is 0. The van der Waals surface area contributed by atoms with Crippen molar-refractivity contribution in [1.82, 2.24) is 10.2 Å². The van der Waals surface area contributed by atoms with E-state index in [1.165, 1.54) is 0 Å². The van der Waals surface area contributed by atoms with Crippen molar-refractivity contribution in [3.05, 3.63) is 53.6 Å². The van der Waals surface area contributed by atoms with Crippen LogP contribution in [0.4, 0.5) is 4.79 Å². The first-order valence-electron chi connectivity index (χ1n) is 7.05. The molecule has 5 nitrogen and oxygen atoms in total. The molecule has 2 aromatic rings. The minimum Gasteiger partial charge on any atom is -0.497 e. The van der Waals surface area contributed by atoms with Crippen LogP contribution in [0.3, 0.4) is 0 Å². The third kappa shape index (κ3) is 2.24. The fraction of sp³-hybridized carbons (Fsp3) is 0.235. The highest BCUT2D eigenvalue weighted by atomic mass is 16.5. The molecule has 0 spiro atoms. The average Bonchev–Trinajstić information content (AvgIpc) is 2.57. The fourth-order valence-corrected chi connectivity index (χ4v) is 2.76. The van der Waals surface area contributed by atoms with E-state index in [4.69, 9.17) is 9.47 Å². The van der Waals surface area contributed by atoms with Crippen molar-refractivity contribution in [1.29, 1.82) is 0 Å². The van der Waals surface area contributed by atoms with Crippen molar-refractivity contribution in [2.45, 2.75) is 6.04 Å². The first-order valence-corrected chi connectivity index (χ1v) is 7.05. The third-order valence-corrected chi connectivity index (χ3v) is 3.87. The van der Waals surface area contributed by atoms with Gasteiger partial charge >= 0.3 is 6.03 Å². The molecule has 0 radical (unpaired) electrons. The summed E-state index contributed by atoms with van der Waals surface area (Å²) in [5.41, 5.74) is 1.86. The van der Waals surface area contributed by atoms with Crippen LogP contribution in [-0.4, -0.2) is 32.1 Å². The number of carbonyl (C=O) groups excluding carboxylic acids is 1. The zero-order valence-corrected chi connectivity index (χ0v) is 12.8. The van der Waals surface area contributed by atoms with Gasteiger partial charge in [0.25, 0.3) is 0 Å². The highest BCUT2D eigenvalue weighted by Crippen LogP contribution is 2.46. The van der Waals surface area contributed by atoms with Gasteiger partial charge in [-0.1, -0.05) is 18.2 Å². The normalized spacial score (nSPS) is 15.1. The summed E-state index contributed by atoms with van der Waals surface area (Å²) in [6, 6.07) is 13.0. The standard InChI is InChI=1S/C17H18N2O3/c1-18-17(20)19(2)16-12-6-4-5-7-14(12)22-15-9-8-11(21-3)10-13(15)16/h4-10,16H,1-3H3,(H,18,20). The monoisotopic (exact) mass is 298 g/mol. The SMILES string of the molecule is CNC(=O)N(C)C1c2ccccc2Oc2ccc(OC)cc21. The van der Waals surface area contributed by atoms with Crippen LogP contribution in [0.25, 0.3) is 0 Å². The Labute approximate surface area is 129 Å². The molecule has 1 unspecified atom stereocenters. The molecule has 1 aliphatic heterocycles. The van der Waals surface area contributed by atoms with Crippen molar-refractivity contribution in [2.75, 3.05) is 21.2 Å². The van der Waals surface area contributed by atoms with Gasteiger partial charge in [0.1, 0.15) is 17.2 Å². The number of para-hydroxylation sites is 1. The smallest absolute Gasteiger partial charge is 0.317 e. The molecular weight excluding hydrogens is 280 g/mol. The molecular formula is C17H18N2O3. The Morgan fingerprint density at radius 1 is 1.18 bits per heavy atom. The van der Waals surface area contributed by atoms with Crippen LogP contribution in [-0.2, 0) is 0 Å². The minimum atomic E-state index is -0.227. The number of methoxy groups -OCH3 is 1. The molecule has 1 atom stereocenters. The van der Waals surface area contributed by atoms with E-state index >= 15 is 0 Å². The van der Waals surface area contributed by atoms with E-state index in [9.17, 15) is 4.79 Å². The van der Waals surface area contributed by atoms with E-state index in [1.54, 1.807) is 26.1 Å². The number of nitrogens with one attached hydrogen (secondary N) is 1. The van der Waals surface area contributed by atoms with E-state index in [1.807, 2.05) is 42.5 Å². The largest absolute Gasteiger partial charge is 0.497 e. The molecule has 0 bridgehead atoms. The molecule has 0 saturated carbocycles. The molecule has 1 aliphatic rings. The summed E-state index contributed by atoms with van der Waals surface area (Å²) in [6.45, 7) is 0. The first-order chi connectivity index (χ1) is 10.7. The first kappa shape index (κ1) is 14.3. The van der Waals surface area contributed by atoms with Crippen LogP contribution in [0.1, 0.15) is 17.2 Å². The molecule has 0 aromatic heterocycles. The highest BCUT2D eigenvalue weighted by Gasteiger charge is 2.32. The summed E-state index contributed by atoms with van der Waals surface area (Å²) in [4.78, 5) is 13.8. The maximum absolute atomic E-state index is 12.1. The zero-order valence-electron chi connectivity index (χ0n) is 12.8. The summed E-state index contributed by atoms with van der Waals surface area (Å²) in [5, 5.41) is 2.67. The third-order valence-electron chi connectivity index (χ3n) is 3.87. The molecule has 0 aliphatic carbocycles. The lowest BCUT2D eigenvalue weighted by Gasteiger charge is -2.34. The molecule has 1 heterocycles. The number of amides is 2. The number of nitrogens with zero attached hydrogens (tertiary/aromatic N) is 1. The molecule has 114 valence electrons. The number of fused-ring (bicyclic) bond motifs is 2. The Balaban J connectivity index is 2.16. The van der Waals surface area contributed by atoms with Gasteiger partial charge in [0, 0.05) is 25.2 Å². The molecule has 3 rings (SSSR count). The summed E-state index contributed by atoms with van der Waals surface area (Å²) in [7, 11) is 5.02. The van der Waals surface area contributed by atoms with E-state index < -0.39 is 0 Å². The summed E-state index contributed by atoms with van der Waals surface area (Å²) in [5.74, 6) is 2.23. The van der Waals surface area contributed by atoms with Gasteiger partial charge in [0.2, 0.25) is 0 Å². The van der Waals surface area contributed by atoms with Gasteiger partial charge in [-0.05, 0) is 24.3 Å². The average molecular weight is 298 g/mol. The summed E-state index contributed by atoms with van der Waals surface area (Å²) < 4.78 is 11.3. The van der Waals surface area contributed by atoms with Crippen LogP contribution in [0.2, 0.25) is 0 Å². The van der Waals surface area contributed by atoms with Crippen molar-refractivity contribution >= 4 is 6.03 Å². The number of urea groups is 1. The van der Waals surface area contributed by atoms with Crippen molar-refractivity contribution in [3.63, 3.8) is 0 Å². The van der Waals surface area contributed by atoms with Crippen LogP contribution >= 0.6 is 0 Å². The number of hydrogen-bond acceptors (Lipinski definition) is 3. The van der Waals surface area contributed by atoms with Gasteiger partial charge in [0.05, 0.1) is 13.2 Å². The number of benzene rings is 2. The van der Waals surface area contributed by atoms with E-state index in [-0.39, 0.29) is 12.1 Å². The van der Waals surface area contributed by atoms with Crippen molar-refractivity contribution in [3.8, 4) is 17.2 Å². The Morgan fingerprint density at radius 3 is 2.64 bits per heavy atom. The Morgan fingerprint density at radius 2 is 1.91 bits per heavy atom. The second-order valence-electron chi connectivity index (χ2n) is 5.11. The number of carbonyl (C=O) groups is 1. The van der Waals surface area contributed by atoms with E-state index in [2.05, 4.69) is 5.32 Å². The van der Waals surface area contributed by atoms with Crippen LogP contribution in [0.15, 0.2) is 42.5 Å². The van der Waals surface area contributed by atoms with Crippen molar-refractivity contribution < 1.29 is 14.3 Å². The van der Waals surface area contributed by atoms with Gasteiger partial charge in [-0.15, -0.1) is 0 Å². The predicted molar refractivity (Wildman–Crippen MR) is 83.6 cm³/mol. The van der Waals surface area contributed by atoms with Gasteiger partial charge in [-0.3, -0.25) is 0 Å². The molecule has 2 aromatic carbocycles. The summed E-state index contributed by atoms with van der Waals surface area (Å²) >= 11 is 0. The number of rotatable bonds is 2.